The molecule has 2 atom stereocenters. The van der Waals surface area contributed by atoms with Crippen LogP contribution in [-0.2, 0) is 0 Å². The summed E-state index contributed by atoms with van der Waals surface area (Å²) in [6.07, 6.45) is 6.84. The quantitative estimate of drug-likeness (QED) is 0.861. The number of hydrogen-bond donors (Lipinski definition) is 1. The first-order valence-electron chi connectivity index (χ1n) is 9.51. The number of carbonyl (C=O) groups excluding carboxylic acids is 1. The van der Waals surface area contributed by atoms with E-state index in [1.807, 2.05) is 42.5 Å². The van der Waals surface area contributed by atoms with Gasteiger partial charge in [-0.15, -0.1) is 0 Å². The highest BCUT2D eigenvalue weighted by Gasteiger charge is 2.31. The van der Waals surface area contributed by atoms with Crippen molar-refractivity contribution in [1.82, 2.24) is 0 Å². The highest BCUT2D eigenvalue weighted by molar-refractivity contribution is 6.05. The molecule has 0 aromatic heterocycles. The molecule has 1 aliphatic carbocycles. The van der Waals surface area contributed by atoms with E-state index in [2.05, 4.69) is 22.3 Å². The van der Waals surface area contributed by atoms with E-state index in [1.165, 1.54) is 32.1 Å². The number of benzene rings is 2. The molecule has 2 aromatic carbocycles. The van der Waals surface area contributed by atoms with Gasteiger partial charge < -0.3 is 10.2 Å². The van der Waals surface area contributed by atoms with Gasteiger partial charge in [0.15, 0.2) is 0 Å². The van der Waals surface area contributed by atoms with Crippen molar-refractivity contribution in [2.24, 2.45) is 11.8 Å². The second kappa shape index (κ2) is 7.30. The van der Waals surface area contributed by atoms with Gasteiger partial charge in [-0.1, -0.05) is 49.6 Å². The fourth-order valence-corrected chi connectivity index (χ4v) is 4.46. The molecule has 2 aromatic rings. The number of rotatable bonds is 3. The molecular formula is C22H26N2O. The highest BCUT2D eigenvalue weighted by atomic mass is 16.1. The number of nitrogens with zero attached hydrogens (tertiary/aromatic N) is 1. The topological polar surface area (TPSA) is 32.3 Å². The van der Waals surface area contributed by atoms with Crippen LogP contribution >= 0.6 is 0 Å². The van der Waals surface area contributed by atoms with Crippen LogP contribution in [0, 0.1) is 11.8 Å². The molecule has 1 N–H and O–H groups in total. The Bertz CT molecular complexity index is 728. The molecule has 1 aliphatic heterocycles. The van der Waals surface area contributed by atoms with Gasteiger partial charge in [0.1, 0.15) is 0 Å². The van der Waals surface area contributed by atoms with Gasteiger partial charge in [0.25, 0.3) is 5.91 Å². The van der Waals surface area contributed by atoms with Gasteiger partial charge in [-0.05, 0) is 48.9 Å². The lowest BCUT2D eigenvalue weighted by Gasteiger charge is -2.42. The molecule has 130 valence electrons. The Morgan fingerprint density at radius 2 is 1.60 bits per heavy atom. The van der Waals surface area contributed by atoms with E-state index in [0.29, 0.717) is 5.56 Å². The monoisotopic (exact) mass is 334 g/mol. The second-order valence-corrected chi connectivity index (χ2v) is 7.38. The van der Waals surface area contributed by atoms with E-state index in [-0.39, 0.29) is 5.91 Å². The third-order valence-electron chi connectivity index (χ3n) is 5.82. The molecule has 4 rings (SSSR count). The average Bonchev–Trinajstić information content (AvgIpc) is 2.69. The van der Waals surface area contributed by atoms with E-state index >= 15 is 0 Å². The summed E-state index contributed by atoms with van der Waals surface area (Å²) in [4.78, 5) is 15.0. The van der Waals surface area contributed by atoms with Gasteiger partial charge in [-0.3, -0.25) is 4.79 Å². The maximum absolute atomic E-state index is 12.5. The van der Waals surface area contributed by atoms with Crippen LogP contribution < -0.4 is 10.2 Å². The molecule has 1 amide bonds. The van der Waals surface area contributed by atoms with E-state index in [4.69, 9.17) is 0 Å². The zero-order valence-corrected chi connectivity index (χ0v) is 14.7. The number of amides is 1. The molecular weight excluding hydrogens is 308 g/mol. The Hall–Kier alpha value is -2.29. The van der Waals surface area contributed by atoms with Crippen molar-refractivity contribution < 1.29 is 4.79 Å². The molecule has 0 unspecified atom stereocenters. The number of fused-ring (bicyclic) bond motifs is 1. The predicted molar refractivity (Wildman–Crippen MR) is 103 cm³/mol. The van der Waals surface area contributed by atoms with Crippen molar-refractivity contribution in [1.29, 1.82) is 0 Å². The first-order valence-corrected chi connectivity index (χ1v) is 9.51. The van der Waals surface area contributed by atoms with Crippen LogP contribution in [0.1, 0.15) is 42.5 Å². The molecule has 1 heterocycles. The zero-order valence-electron chi connectivity index (χ0n) is 14.7. The lowest BCUT2D eigenvalue weighted by atomic mass is 9.75. The number of piperidine rings is 1. The van der Waals surface area contributed by atoms with Crippen LogP contribution in [-0.4, -0.2) is 19.0 Å². The smallest absolute Gasteiger partial charge is 0.255 e. The van der Waals surface area contributed by atoms with Crippen molar-refractivity contribution in [2.75, 3.05) is 23.3 Å². The maximum Gasteiger partial charge on any atom is 0.255 e. The van der Waals surface area contributed by atoms with Crippen LogP contribution in [0.2, 0.25) is 0 Å². The number of nitrogens with one attached hydrogen (secondary N) is 1. The van der Waals surface area contributed by atoms with E-state index in [0.717, 1.165) is 36.3 Å². The third-order valence-corrected chi connectivity index (χ3v) is 5.82. The van der Waals surface area contributed by atoms with Gasteiger partial charge in [-0.25, -0.2) is 0 Å². The van der Waals surface area contributed by atoms with E-state index in [1.54, 1.807) is 0 Å². The van der Waals surface area contributed by atoms with Crippen LogP contribution in [0.4, 0.5) is 11.4 Å². The lowest BCUT2D eigenvalue weighted by Crippen LogP contribution is -2.42. The summed E-state index contributed by atoms with van der Waals surface area (Å²) in [7, 11) is 0. The van der Waals surface area contributed by atoms with Crippen molar-refractivity contribution in [3.8, 4) is 0 Å². The normalized spacial score (nSPS) is 23.0. The van der Waals surface area contributed by atoms with Crippen LogP contribution in [0.15, 0.2) is 54.6 Å². The Morgan fingerprint density at radius 1 is 0.880 bits per heavy atom. The largest absolute Gasteiger partial charge is 0.370 e. The average molecular weight is 334 g/mol. The highest BCUT2D eigenvalue weighted by Crippen LogP contribution is 2.39. The number of para-hydroxylation sites is 2. The van der Waals surface area contributed by atoms with E-state index < -0.39 is 0 Å². The van der Waals surface area contributed by atoms with Gasteiger partial charge in [0.05, 0.1) is 11.4 Å². The molecule has 2 fully saturated rings. The zero-order chi connectivity index (χ0) is 17.1. The second-order valence-electron chi connectivity index (χ2n) is 7.38. The molecule has 1 saturated carbocycles. The van der Waals surface area contributed by atoms with Gasteiger partial charge in [0.2, 0.25) is 0 Å². The molecule has 3 nitrogen and oxygen atoms in total. The molecule has 0 radical (unpaired) electrons. The summed E-state index contributed by atoms with van der Waals surface area (Å²) in [6, 6.07) is 17.7. The predicted octanol–water partition coefficient (Wildman–Crippen LogP) is 4.96. The standard InChI is InChI=1S/C22H26N2O/c25-22(18-9-2-1-3-10-18)23-20-12-6-7-13-21(20)24-15-14-17-8-4-5-11-19(17)16-24/h1-3,6-7,9-10,12-13,17,19H,4-5,8,11,14-16H2,(H,23,25)/t17-,19-/m1/s1. The number of hydrogen-bond acceptors (Lipinski definition) is 2. The number of carbonyl (C=O) groups is 1. The summed E-state index contributed by atoms with van der Waals surface area (Å²) in [5.41, 5.74) is 2.78. The lowest BCUT2D eigenvalue weighted by molar-refractivity contribution is 0.102. The SMILES string of the molecule is O=C(Nc1ccccc1N1CC[C@H]2CCCC[C@@H]2C1)c1ccccc1. The van der Waals surface area contributed by atoms with Crippen molar-refractivity contribution in [3.05, 3.63) is 60.2 Å². The third kappa shape index (κ3) is 3.55. The molecule has 3 heteroatoms. The number of anilines is 2. The Labute approximate surface area is 150 Å². The Kier molecular flexibility index (Phi) is 4.73. The minimum absolute atomic E-state index is 0.0411. The fraction of sp³-hybridized carbons (Fsp3) is 0.409. The Morgan fingerprint density at radius 3 is 2.44 bits per heavy atom. The summed E-state index contributed by atoms with van der Waals surface area (Å²) in [6.45, 7) is 2.22. The molecule has 0 bridgehead atoms. The molecule has 2 aliphatic rings. The minimum atomic E-state index is -0.0411. The van der Waals surface area contributed by atoms with Crippen molar-refractivity contribution in [3.63, 3.8) is 0 Å². The maximum atomic E-state index is 12.5. The van der Waals surface area contributed by atoms with Crippen LogP contribution in [0.5, 0.6) is 0 Å². The van der Waals surface area contributed by atoms with Crippen LogP contribution in [0.25, 0.3) is 0 Å². The summed E-state index contributed by atoms with van der Waals surface area (Å²) in [5.74, 6) is 1.69. The van der Waals surface area contributed by atoms with Crippen molar-refractivity contribution >= 4 is 17.3 Å². The van der Waals surface area contributed by atoms with E-state index in [9.17, 15) is 4.79 Å². The molecule has 0 spiro atoms. The molecule has 1 saturated heterocycles. The van der Waals surface area contributed by atoms with Gasteiger partial charge in [-0.2, -0.15) is 0 Å². The Balaban J connectivity index is 1.52. The summed E-state index contributed by atoms with van der Waals surface area (Å²) >= 11 is 0. The first-order chi connectivity index (χ1) is 12.3. The van der Waals surface area contributed by atoms with Gasteiger partial charge in [0, 0.05) is 18.7 Å². The first kappa shape index (κ1) is 16.2. The van der Waals surface area contributed by atoms with Crippen molar-refractivity contribution in [2.45, 2.75) is 32.1 Å². The molecule has 25 heavy (non-hydrogen) atoms. The minimum Gasteiger partial charge on any atom is -0.370 e. The summed E-state index contributed by atoms with van der Waals surface area (Å²) in [5, 5.41) is 3.12. The summed E-state index contributed by atoms with van der Waals surface area (Å²) < 4.78 is 0. The van der Waals surface area contributed by atoms with Gasteiger partial charge >= 0.3 is 0 Å². The fourth-order valence-electron chi connectivity index (χ4n) is 4.46. The van der Waals surface area contributed by atoms with Crippen LogP contribution in [0.3, 0.4) is 0 Å².